The molecule has 3 heterocycles. The van der Waals surface area contributed by atoms with Crippen LogP contribution in [0, 0.1) is 0 Å². The van der Waals surface area contributed by atoms with Gasteiger partial charge in [-0.1, -0.05) is 18.2 Å². The van der Waals surface area contributed by atoms with Gasteiger partial charge in [0.25, 0.3) is 0 Å². The van der Waals surface area contributed by atoms with Gasteiger partial charge in [0, 0.05) is 25.0 Å². The summed E-state index contributed by atoms with van der Waals surface area (Å²) in [5.41, 5.74) is 0.962. The Kier molecular flexibility index (Phi) is 12.9. The number of thioether (sulfide) groups is 2. The van der Waals surface area contributed by atoms with Gasteiger partial charge in [-0.3, -0.25) is 9.69 Å². The first-order valence-electron chi connectivity index (χ1n) is 12.1. The number of esters is 1. The van der Waals surface area contributed by atoms with Gasteiger partial charge in [0.1, 0.15) is 11.8 Å². The molecule has 0 spiro atoms. The van der Waals surface area contributed by atoms with Crippen LogP contribution in [-0.2, 0) is 30.3 Å². The Bertz CT molecular complexity index is 1010. The number of carbonyl (C=O) groups is 3. The zero-order valence-electron chi connectivity index (χ0n) is 21.6. The molecule has 1 saturated heterocycles. The van der Waals surface area contributed by atoms with Crippen LogP contribution in [0.1, 0.15) is 45.4 Å². The molecule has 1 aromatic rings. The predicted molar refractivity (Wildman–Crippen MR) is 146 cm³/mol. The number of rotatable bonds is 10. The van der Waals surface area contributed by atoms with Crippen LogP contribution in [0.3, 0.4) is 0 Å². The SMILES string of the molecule is CC(OC(=O)OC1CCCCC1)OC(=O)C1=C(CSc2nnnn2CCN(C)C)CS[C@@H]2CC(=O)N12.Cl.Cl. The van der Waals surface area contributed by atoms with Crippen LogP contribution < -0.4 is 0 Å². The summed E-state index contributed by atoms with van der Waals surface area (Å²) < 4.78 is 17.6. The third kappa shape index (κ3) is 8.38. The molecule has 2 atom stereocenters. The topological polar surface area (TPSA) is 129 Å². The molecule has 1 amide bonds. The van der Waals surface area contributed by atoms with E-state index < -0.39 is 18.4 Å². The summed E-state index contributed by atoms with van der Waals surface area (Å²) in [5, 5.41) is 12.4. The van der Waals surface area contributed by atoms with Gasteiger partial charge in [-0.25, -0.2) is 14.3 Å². The molecule has 1 saturated carbocycles. The highest BCUT2D eigenvalue weighted by Gasteiger charge is 2.46. The minimum absolute atomic E-state index is 0. The number of halogens is 2. The van der Waals surface area contributed by atoms with E-state index in [0.29, 0.717) is 29.6 Å². The van der Waals surface area contributed by atoms with Crippen molar-refractivity contribution in [1.82, 2.24) is 30.0 Å². The summed E-state index contributed by atoms with van der Waals surface area (Å²) in [6, 6.07) is 0. The summed E-state index contributed by atoms with van der Waals surface area (Å²) in [6.45, 7) is 2.87. The molecular formula is C22H34Cl2N6O6S2. The van der Waals surface area contributed by atoms with E-state index in [9.17, 15) is 14.4 Å². The largest absolute Gasteiger partial charge is 0.511 e. The fourth-order valence-electron chi connectivity index (χ4n) is 4.18. The summed E-state index contributed by atoms with van der Waals surface area (Å²) >= 11 is 3.00. The highest BCUT2D eigenvalue weighted by atomic mass is 35.5. The Hall–Kier alpha value is -1.74. The zero-order valence-corrected chi connectivity index (χ0v) is 24.8. The van der Waals surface area contributed by atoms with E-state index in [1.807, 2.05) is 19.0 Å². The Labute approximate surface area is 242 Å². The number of nitrogens with zero attached hydrogens (tertiary/aromatic N) is 6. The Morgan fingerprint density at radius 2 is 1.92 bits per heavy atom. The van der Waals surface area contributed by atoms with Crippen molar-refractivity contribution in [3.05, 3.63) is 11.3 Å². The molecule has 12 nitrogen and oxygen atoms in total. The van der Waals surface area contributed by atoms with E-state index in [1.54, 1.807) is 16.4 Å². The first-order chi connectivity index (χ1) is 17.3. The van der Waals surface area contributed by atoms with Crippen molar-refractivity contribution in [3.63, 3.8) is 0 Å². The molecule has 2 aliphatic heterocycles. The van der Waals surface area contributed by atoms with Gasteiger partial charge in [-0.05, 0) is 55.8 Å². The number of β-lactam (4-membered cyclic amide) rings is 1. The van der Waals surface area contributed by atoms with Gasteiger partial charge in [-0.2, -0.15) is 0 Å². The number of hydrogen-bond donors (Lipinski definition) is 0. The molecule has 1 aromatic heterocycles. The lowest BCUT2D eigenvalue weighted by Crippen LogP contribution is -2.54. The highest BCUT2D eigenvalue weighted by Crippen LogP contribution is 2.41. The maximum atomic E-state index is 13.2. The van der Waals surface area contributed by atoms with Gasteiger partial charge < -0.3 is 19.1 Å². The number of likely N-dealkylation sites (N-methyl/N-ethyl adjacent to an activating group) is 1. The number of amides is 1. The minimum Gasteiger partial charge on any atom is -0.431 e. The summed E-state index contributed by atoms with van der Waals surface area (Å²) in [7, 11) is 3.94. The molecule has 0 aromatic carbocycles. The Morgan fingerprint density at radius 3 is 2.61 bits per heavy atom. The van der Waals surface area contributed by atoms with E-state index in [2.05, 4.69) is 15.5 Å². The monoisotopic (exact) mass is 612 g/mol. The van der Waals surface area contributed by atoms with E-state index in [4.69, 9.17) is 14.2 Å². The average molecular weight is 614 g/mol. The maximum Gasteiger partial charge on any atom is 0.511 e. The second-order valence-electron chi connectivity index (χ2n) is 9.18. The molecule has 2 fully saturated rings. The van der Waals surface area contributed by atoms with Crippen molar-refractivity contribution in [1.29, 1.82) is 0 Å². The molecular weight excluding hydrogens is 579 g/mol. The first-order valence-corrected chi connectivity index (χ1v) is 14.1. The number of fused-ring (bicyclic) bond motifs is 1. The van der Waals surface area contributed by atoms with Gasteiger partial charge in [-0.15, -0.1) is 41.7 Å². The second-order valence-corrected chi connectivity index (χ2v) is 11.3. The summed E-state index contributed by atoms with van der Waals surface area (Å²) in [5.74, 6) is 0.149. The number of aromatic nitrogens is 4. The molecule has 0 bridgehead atoms. The van der Waals surface area contributed by atoms with Crippen molar-refractivity contribution < 1.29 is 28.6 Å². The van der Waals surface area contributed by atoms with Crippen molar-refractivity contribution in [3.8, 4) is 0 Å². The number of hydrogen-bond acceptors (Lipinski definition) is 12. The van der Waals surface area contributed by atoms with Gasteiger partial charge >= 0.3 is 12.1 Å². The van der Waals surface area contributed by atoms with Crippen molar-refractivity contribution >= 4 is 66.4 Å². The number of ether oxygens (including phenoxy) is 3. The van der Waals surface area contributed by atoms with Crippen molar-refractivity contribution in [2.45, 2.75) is 74.9 Å². The third-order valence-corrected chi connectivity index (χ3v) is 8.43. The molecule has 0 radical (unpaired) electrons. The molecule has 4 rings (SSSR count). The van der Waals surface area contributed by atoms with E-state index in [1.165, 1.54) is 23.6 Å². The Morgan fingerprint density at radius 1 is 1.18 bits per heavy atom. The molecule has 0 N–H and O–H groups in total. The minimum atomic E-state index is -1.15. The first kappa shape index (κ1) is 32.5. The zero-order chi connectivity index (χ0) is 25.7. The maximum absolute atomic E-state index is 13.2. The predicted octanol–water partition coefficient (Wildman–Crippen LogP) is 3.10. The van der Waals surface area contributed by atoms with Gasteiger partial charge in [0.05, 0.1) is 18.3 Å². The van der Waals surface area contributed by atoms with E-state index >= 15 is 0 Å². The third-order valence-electron chi connectivity index (χ3n) is 6.11. The van der Waals surface area contributed by atoms with Crippen LogP contribution in [0.5, 0.6) is 0 Å². The molecule has 1 unspecified atom stereocenters. The van der Waals surface area contributed by atoms with Crippen molar-refractivity contribution in [2.75, 3.05) is 32.1 Å². The lowest BCUT2D eigenvalue weighted by atomic mass is 9.98. The van der Waals surface area contributed by atoms with Crippen LogP contribution in [0.4, 0.5) is 4.79 Å². The smallest absolute Gasteiger partial charge is 0.431 e. The summed E-state index contributed by atoms with van der Waals surface area (Å²) in [6.07, 6.45) is 3.00. The normalized spacial score (nSPS) is 20.1. The van der Waals surface area contributed by atoms with Crippen LogP contribution in [0.25, 0.3) is 0 Å². The van der Waals surface area contributed by atoms with E-state index in [-0.39, 0.29) is 47.9 Å². The quantitative estimate of drug-likeness (QED) is 0.166. The fraction of sp³-hybridized carbons (Fsp3) is 0.727. The lowest BCUT2D eigenvalue weighted by molar-refractivity contribution is -0.169. The van der Waals surface area contributed by atoms with Crippen LogP contribution in [-0.4, -0.2) is 98.0 Å². The van der Waals surface area contributed by atoms with Crippen molar-refractivity contribution in [2.24, 2.45) is 0 Å². The average Bonchev–Trinajstić information content (AvgIpc) is 3.28. The lowest BCUT2D eigenvalue weighted by Gasteiger charge is -2.44. The van der Waals surface area contributed by atoms with Crippen LogP contribution >= 0.6 is 48.3 Å². The molecule has 3 aliphatic rings. The molecule has 214 valence electrons. The van der Waals surface area contributed by atoms with Gasteiger partial charge in [0.15, 0.2) is 0 Å². The highest BCUT2D eigenvalue weighted by molar-refractivity contribution is 8.00. The number of carbonyl (C=O) groups excluding carboxylic acids is 3. The fourth-order valence-corrected chi connectivity index (χ4v) is 6.48. The summed E-state index contributed by atoms with van der Waals surface area (Å²) in [4.78, 5) is 41.2. The second kappa shape index (κ2) is 15.2. The molecule has 16 heteroatoms. The standard InChI is InChI=1S/C22H32N6O6S2.2ClH/c1-14(33-22(31)34-16-7-5-4-6-8-16)32-20(30)19-15(12-35-18-11-17(29)28(18)19)13-36-21-23-24-25-27(21)10-9-26(2)3;;/h14,16,18H,4-13H2,1-3H3;2*1H/t14?,18-;;/m1../s1. The molecule has 38 heavy (non-hydrogen) atoms. The van der Waals surface area contributed by atoms with Gasteiger partial charge in [0.2, 0.25) is 17.4 Å². The molecule has 1 aliphatic carbocycles. The van der Waals surface area contributed by atoms with Crippen LogP contribution in [0.15, 0.2) is 16.4 Å². The van der Waals surface area contributed by atoms with Crippen LogP contribution in [0.2, 0.25) is 0 Å². The Balaban J connectivity index is 0.00000253. The number of tetrazole rings is 1. The van der Waals surface area contributed by atoms with E-state index in [0.717, 1.165) is 44.2 Å².